The summed E-state index contributed by atoms with van der Waals surface area (Å²) in [4.78, 5) is 40.0. The molecule has 4 aromatic rings. The fourth-order valence-corrected chi connectivity index (χ4v) is 6.20. The molecule has 10 nitrogen and oxygen atoms in total. The predicted octanol–water partition coefficient (Wildman–Crippen LogP) is 5.22. The smallest absolute Gasteiger partial charge is 0.271 e. The number of carbonyl (C=O) groups excluding carboxylic acids is 2. The lowest BCUT2D eigenvalue weighted by molar-refractivity contribution is -0.384. The van der Waals surface area contributed by atoms with Crippen LogP contribution in [0.15, 0.2) is 114 Å². The largest absolute Gasteiger partial charge is 0.355 e. The SMILES string of the molecule is CCNC(=O)[C@H](Cc1ccccc1)N(Cc1ccc(Cl)cc1)C(=O)CN(c1cccc([N+](=O)[O-])c1)S(=O)(=O)c1ccccc1. The number of nitrogens with one attached hydrogen (secondary N) is 1. The number of anilines is 1. The first kappa shape index (κ1) is 32.2. The monoisotopic (exact) mass is 634 g/mol. The number of hydrogen-bond donors (Lipinski definition) is 1. The Kier molecular flexibility index (Phi) is 10.7. The second-order valence-corrected chi connectivity index (χ2v) is 12.1. The molecular formula is C32H31ClN4O6S. The van der Waals surface area contributed by atoms with Gasteiger partial charge in [-0.1, -0.05) is 78.3 Å². The average molecular weight is 635 g/mol. The van der Waals surface area contributed by atoms with Gasteiger partial charge in [0.05, 0.1) is 15.5 Å². The summed E-state index contributed by atoms with van der Waals surface area (Å²) in [6.07, 6.45) is 0.161. The Morgan fingerprint density at radius 2 is 1.52 bits per heavy atom. The number of amides is 2. The Balaban J connectivity index is 1.81. The van der Waals surface area contributed by atoms with Crippen molar-refractivity contribution in [3.8, 4) is 0 Å². The lowest BCUT2D eigenvalue weighted by atomic mass is 10.0. The van der Waals surface area contributed by atoms with Gasteiger partial charge in [0, 0.05) is 36.7 Å². The minimum absolute atomic E-state index is 0.0290. The fourth-order valence-electron chi connectivity index (χ4n) is 4.64. The third-order valence-electron chi connectivity index (χ3n) is 6.83. The van der Waals surface area contributed by atoms with E-state index in [0.717, 1.165) is 15.9 Å². The van der Waals surface area contributed by atoms with Gasteiger partial charge >= 0.3 is 0 Å². The zero-order chi connectivity index (χ0) is 31.7. The van der Waals surface area contributed by atoms with Crippen molar-refractivity contribution in [3.05, 3.63) is 135 Å². The molecule has 0 heterocycles. The second kappa shape index (κ2) is 14.6. The van der Waals surface area contributed by atoms with Crippen LogP contribution in [-0.2, 0) is 32.6 Å². The molecule has 4 aromatic carbocycles. The van der Waals surface area contributed by atoms with E-state index in [1.165, 1.54) is 47.4 Å². The number of halogens is 1. The molecule has 0 bridgehead atoms. The van der Waals surface area contributed by atoms with Crippen LogP contribution < -0.4 is 9.62 Å². The van der Waals surface area contributed by atoms with Crippen molar-refractivity contribution in [2.75, 3.05) is 17.4 Å². The van der Waals surface area contributed by atoms with Crippen LogP contribution >= 0.6 is 11.6 Å². The molecule has 0 saturated carbocycles. The van der Waals surface area contributed by atoms with Crippen LogP contribution in [0.3, 0.4) is 0 Å². The minimum Gasteiger partial charge on any atom is -0.355 e. The van der Waals surface area contributed by atoms with Crippen LogP contribution in [-0.4, -0.2) is 49.2 Å². The second-order valence-electron chi connectivity index (χ2n) is 9.85. The Morgan fingerprint density at radius 3 is 2.14 bits per heavy atom. The van der Waals surface area contributed by atoms with Crippen molar-refractivity contribution in [2.24, 2.45) is 0 Å². The molecule has 1 atom stereocenters. The lowest BCUT2D eigenvalue weighted by Crippen LogP contribution is -2.53. The molecule has 0 aliphatic heterocycles. The van der Waals surface area contributed by atoms with Crippen molar-refractivity contribution >= 4 is 44.8 Å². The quantitative estimate of drug-likeness (QED) is 0.159. The lowest BCUT2D eigenvalue weighted by Gasteiger charge is -2.33. The van der Waals surface area contributed by atoms with Gasteiger partial charge in [-0.05, 0) is 48.4 Å². The minimum atomic E-state index is -4.37. The van der Waals surface area contributed by atoms with E-state index in [4.69, 9.17) is 11.6 Å². The number of likely N-dealkylation sites (N-methyl/N-ethyl adjacent to an activating group) is 1. The van der Waals surface area contributed by atoms with Crippen molar-refractivity contribution in [2.45, 2.75) is 30.8 Å². The number of carbonyl (C=O) groups is 2. The first-order valence-electron chi connectivity index (χ1n) is 13.8. The molecule has 0 aliphatic carbocycles. The first-order valence-corrected chi connectivity index (χ1v) is 15.6. The molecule has 0 aromatic heterocycles. The zero-order valence-corrected chi connectivity index (χ0v) is 25.4. The topological polar surface area (TPSA) is 130 Å². The van der Waals surface area contributed by atoms with Crippen molar-refractivity contribution < 1.29 is 22.9 Å². The summed E-state index contributed by atoms with van der Waals surface area (Å²) in [6, 6.07) is 27.5. The van der Waals surface area contributed by atoms with Crippen molar-refractivity contribution in [1.29, 1.82) is 0 Å². The van der Waals surface area contributed by atoms with Gasteiger partial charge in [0.25, 0.3) is 15.7 Å². The van der Waals surface area contributed by atoms with Gasteiger partial charge in [-0.25, -0.2) is 8.42 Å². The molecule has 228 valence electrons. The van der Waals surface area contributed by atoms with Crippen molar-refractivity contribution in [1.82, 2.24) is 10.2 Å². The average Bonchev–Trinajstić information content (AvgIpc) is 3.03. The standard InChI is InChI=1S/C32H31ClN4O6S/c1-2-34-32(39)30(20-24-10-5-3-6-11-24)35(22-25-16-18-26(33)19-17-25)31(38)23-36(27-12-9-13-28(21-27)37(40)41)44(42,43)29-14-7-4-8-15-29/h3-19,21,30H,2,20,22-23H2,1H3,(H,34,39)/t30-/m0/s1. The van der Waals surface area contributed by atoms with E-state index in [2.05, 4.69) is 5.32 Å². The molecule has 2 amide bonds. The molecule has 12 heteroatoms. The molecule has 0 saturated heterocycles. The number of rotatable bonds is 13. The Morgan fingerprint density at radius 1 is 0.886 bits per heavy atom. The predicted molar refractivity (Wildman–Crippen MR) is 169 cm³/mol. The summed E-state index contributed by atoms with van der Waals surface area (Å²) < 4.78 is 28.8. The maximum absolute atomic E-state index is 14.3. The maximum Gasteiger partial charge on any atom is 0.271 e. The third kappa shape index (κ3) is 8.00. The number of nitro groups is 1. The molecule has 4 rings (SSSR count). The van der Waals surface area contributed by atoms with Crippen LogP contribution in [0.2, 0.25) is 5.02 Å². The molecule has 0 aliphatic rings. The van der Waals surface area contributed by atoms with E-state index in [1.54, 1.807) is 37.3 Å². The Hall–Kier alpha value is -4.74. The Bertz CT molecular complexity index is 1700. The first-order chi connectivity index (χ1) is 21.1. The summed E-state index contributed by atoms with van der Waals surface area (Å²) in [7, 11) is -4.37. The molecule has 0 spiro atoms. The van der Waals surface area contributed by atoms with E-state index in [9.17, 15) is 28.1 Å². The zero-order valence-electron chi connectivity index (χ0n) is 23.9. The van der Waals surface area contributed by atoms with Gasteiger partial charge in [-0.3, -0.25) is 24.0 Å². The van der Waals surface area contributed by atoms with Crippen LogP contribution in [0.25, 0.3) is 0 Å². The summed E-state index contributed by atoms with van der Waals surface area (Å²) in [5.41, 5.74) is 1.05. The Labute approximate surface area is 261 Å². The molecular weight excluding hydrogens is 604 g/mol. The number of benzene rings is 4. The number of non-ortho nitro benzene ring substituents is 1. The highest BCUT2D eigenvalue weighted by Crippen LogP contribution is 2.28. The number of sulfonamides is 1. The highest BCUT2D eigenvalue weighted by atomic mass is 35.5. The van der Waals surface area contributed by atoms with Gasteiger partial charge in [0.15, 0.2) is 0 Å². The highest BCUT2D eigenvalue weighted by Gasteiger charge is 2.34. The molecule has 1 N–H and O–H groups in total. The summed E-state index contributed by atoms with van der Waals surface area (Å²) in [5.74, 6) is -1.09. The normalized spacial score (nSPS) is 11.8. The number of nitro benzene ring substituents is 1. The van der Waals surface area contributed by atoms with E-state index in [0.29, 0.717) is 17.1 Å². The number of nitrogens with zero attached hydrogens (tertiary/aromatic N) is 3. The fraction of sp³-hybridized carbons (Fsp3) is 0.188. The molecule has 0 fully saturated rings. The highest BCUT2D eigenvalue weighted by molar-refractivity contribution is 7.92. The van der Waals surface area contributed by atoms with Crippen LogP contribution in [0.4, 0.5) is 11.4 Å². The van der Waals surface area contributed by atoms with E-state index in [1.807, 2.05) is 30.3 Å². The van der Waals surface area contributed by atoms with E-state index >= 15 is 0 Å². The van der Waals surface area contributed by atoms with E-state index in [-0.39, 0.29) is 29.2 Å². The van der Waals surface area contributed by atoms with Crippen molar-refractivity contribution in [3.63, 3.8) is 0 Å². The van der Waals surface area contributed by atoms with Gasteiger partial charge < -0.3 is 10.2 Å². The van der Waals surface area contributed by atoms with Gasteiger partial charge in [-0.15, -0.1) is 0 Å². The summed E-state index contributed by atoms with van der Waals surface area (Å²) >= 11 is 6.09. The van der Waals surface area contributed by atoms with Crippen LogP contribution in [0.1, 0.15) is 18.1 Å². The molecule has 0 unspecified atom stereocenters. The van der Waals surface area contributed by atoms with Gasteiger partial charge in [0.2, 0.25) is 11.8 Å². The molecule has 0 radical (unpaired) electrons. The third-order valence-corrected chi connectivity index (χ3v) is 8.87. The summed E-state index contributed by atoms with van der Waals surface area (Å²) in [5, 5.41) is 14.8. The molecule has 44 heavy (non-hydrogen) atoms. The van der Waals surface area contributed by atoms with Gasteiger partial charge in [0.1, 0.15) is 12.6 Å². The maximum atomic E-state index is 14.3. The van der Waals surface area contributed by atoms with Gasteiger partial charge in [-0.2, -0.15) is 0 Å². The van der Waals surface area contributed by atoms with Crippen LogP contribution in [0, 0.1) is 10.1 Å². The van der Waals surface area contributed by atoms with E-state index < -0.39 is 39.3 Å². The van der Waals surface area contributed by atoms with Crippen LogP contribution in [0.5, 0.6) is 0 Å². The summed E-state index contributed by atoms with van der Waals surface area (Å²) in [6.45, 7) is 1.32. The number of hydrogen-bond acceptors (Lipinski definition) is 6.